The van der Waals surface area contributed by atoms with Gasteiger partial charge in [-0.2, -0.15) is 0 Å². The van der Waals surface area contributed by atoms with E-state index in [0.717, 1.165) is 16.5 Å². The number of ether oxygens (including phenoxy) is 1. The van der Waals surface area contributed by atoms with E-state index >= 15 is 0 Å². The summed E-state index contributed by atoms with van der Waals surface area (Å²) in [6.07, 6.45) is 1.78. The molecular weight excluding hydrogens is 296 g/mol. The lowest BCUT2D eigenvalue weighted by molar-refractivity contribution is -0.143. The van der Waals surface area contributed by atoms with E-state index in [0.29, 0.717) is 5.02 Å². The molecule has 3 N–H and O–H groups in total. The first-order valence-electron chi connectivity index (χ1n) is 6.28. The molecule has 6 nitrogen and oxygen atoms in total. The number of aromatic amines is 1. The molecule has 0 spiro atoms. The van der Waals surface area contributed by atoms with Gasteiger partial charge in [0.2, 0.25) is 5.91 Å². The van der Waals surface area contributed by atoms with Gasteiger partial charge in [-0.25, -0.2) is 4.79 Å². The fourth-order valence-corrected chi connectivity index (χ4v) is 2.23. The quantitative estimate of drug-likeness (QED) is 0.755. The van der Waals surface area contributed by atoms with E-state index in [9.17, 15) is 9.59 Å². The lowest BCUT2D eigenvalue weighted by atomic mass is 10.1. The minimum atomic E-state index is -1.13. The number of carboxylic acid groups (broad SMARTS) is 1. The van der Waals surface area contributed by atoms with Crippen molar-refractivity contribution in [2.24, 2.45) is 0 Å². The van der Waals surface area contributed by atoms with Crippen LogP contribution < -0.4 is 5.32 Å². The number of H-pyrrole nitrogens is 1. The van der Waals surface area contributed by atoms with Crippen LogP contribution in [-0.4, -0.2) is 41.7 Å². The van der Waals surface area contributed by atoms with Crippen LogP contribution in [0.25, 0.3) is 10.9 Å². The molecule has 1 heterocycles. The number of rotatable bonds is 6. The zero-order valence-corrected chi connectivity index (χ0v) is 12.1. The first-order chi connectivity index (χ1) is 10.0. The smallest absolute Gasteiger partial charge is 0.328 e. The predicted molar refractivity (Wildman–Crippen MR) is 78.5 cm³/mol. The van der Waals surface area contributed by atoms with Crippen molar-refractivity contribution in [2.45, 2.75) is 12.5 Å². The summed E-state index contributed by atoms with van der Waals surface area (Å²) in [5.41, 5.74) is 1.63. The third kappa shape index (κ3) is 3.74. The highest BCUT2D eigenvalue weighted by Crippen LogP contribution is 2.22. The summed E-state index contributed by atoms with van der Waals surface area (Å²) in [6, 6.07) is 4.28. The van der Waals surface area contributed by atoms with Crippen molar-refractivity contribution in [1.82, 2.24) is 10.3 Å². The molecule has 0 saturated carbocycles. The average molecular weight is 311 g/mol. The lowest BCUT2D eigenvalue weighted by Gasteiger charge is -2.13. The number of halogens is 1. The highest BCUT2D eigenvalue weighted by atomic mass is 35.5. The second-order valence-electron chi connectivity index (χ2n) is 4.59. The third-order valence-corrected chi connectivity index (χ3v) is 3.28. The fourth-order valence-electron chi connectivity index (χ4n) is 2.06. The number of benzene rings is 1. The number of nitrogens with one attached hydrogen (secondary N) is 2. The van der Waals surface area contributed by atoms with Crippen molar-refractivity contribution in [3.63, 3.8) is 0 Å². The Kier molecular flexibility index (Phi) is 4.82. The molecule has 1 aromatic carbocycles. The van der Waals surface area contributed by atoms with Crippen molar-refractivity contribution in [3.05, 3.63) is 35.0 Å². The Morgan fingerprint density at radius 1 is 1.48 bits per heavy atom. The van der Waals surface area contributed by atoms with Gasteiger partial charge in [-0.1, -0.05) is 11.6 Å². The Bertz CT molecular complexity index is 668. The Morgan fingerprint density at radius 2 is 2.24 bits per heavy atom. The van der Waals surface area contributed by atoms with Crippen LogP contribution in [0.15, 0.2) is 24.4 Å². The molecule has 0 saturated heterocycles. The Balaban J connectivity index is 2.10. The largest absolute Gasteiger partial charge is 0.480 e. The zero-order valence-electron chi connectivity index (χ0n) is 11.4. The number of hydrogen-bond donors (Lipinski definition) is 3. The van der Waals surface area contributed by atoms with Crippen LogP contribution in [-0.2, 0) is 20.7 Å². The number of carboxylic acids is 1. The minimum Gasteiger partial charge on any atom is -0.480 e. The number of fused-ring (bicyclic) bond motifs is 1. The van der Waals surface area contributed by atoms with Crippen molar-refractivity contribution in [1.29, 1.82) is 0 Å². The molecule has 2 rings (SSSR count). The van der Waals surface area contributed by atoms with Gasteiger partial charge >= 0.3 is 5.97 Å². The van der Waals surface area contributed by atoms with Crippen molar-refractivity contribution in [2.75, 3.05) is 13.7 Å². The third-order valence-electron chi connectivity index (χ3n) is 3.05. The second kappa shape index (κ2) is 6.60. The SMILES string of the molecule is COCC(NC(=O)Cc1c[nH]c2ccc(Cl)cc12)C(=O)O. The predicted octanol–water partition coefficient (Wildman–Crippen LogP) is 1.58. The second-order valence-corrected chi connectivity index (χ2v) is 5.03. The molecule has 0 aliphatic rings. The standard InChI is InChI=1S/C14H15ClN2O4/c1-21-7-12(14(19)20)17-13(18)4-8-6-16-11-3-2-9(15)5-10(8)11/h2-3,5-6,12,16H,4,7H2,1H3,(H,17,18)(H,19,20). The van der Waals surface area contributed by atoms with Crippen LogP contribution >= 0.6 is 11.6 Å². The molecular formula is C14H15ClN2O4. The number of amides is 1. The van der Waals surface area contributed by atoms with E-state index in [2.05, 4.69) is 10.3 Å². The monoisotopic (exact) mass is 310 g/mol. The van der Waals surface area contributed by atoms with Crippen LogP contribution in [0.4, 0.5) is 0 Å². The minimum absolute atomic E-state index is 0.0633. The number of hydrogen-bond acceptors (Lipinski definition) is 3. The van der Waals surface area contributed by atoms with Crippen LogP contribution in [0.3, 0.4) is 0 Å². The number of carbonyl (C=O) groups excluding carboxylic acids is 1. The van der Waals surface area contributed by atoms with Gasteiger partial charge in [-0.15, -0.1) is 0 Å². The van der Waals surface area contributed by atoms with Gasteiger partial charge in [0.05, 0.1) is 13.0 Å². The molecule has 21 heavy (non-hydrogen) atoms. The number of methoxy groups -OCH3 is 1. The van der Waals surface area contributed by atoms with E-state index in [1.807, 2.05) is 6.07 Å². The molecule has 112 valence electrons. The molecule has 0 aliphatic carbocycles. The maximum atomic E-state index is 12.0. The summed E-state index contributed by atoms with van der Waals surface area (Å²) in [6.45, 7) is -0.0826. The molecule has 1 atom stereocenters. The highest BCUT2D eigenvalue weighted by Gasteiger charge is 2.20. The van der Waals surface area contributed by atoms with Crippen LogP contribution in [0, 0.1) is 0 Å². The number of carbonyl (C=O) groups is 2. The summed E-state index contributed by atoms with van der Waals surface area (Å²) in [7, 11) is 1.38. The summed E-state index contributed by atoms with van der Waals surface area (Å²) in [5.74, 6) is -1.52. The Hall–Kier alpha value is -2.05. The first-order valence-corrected chi connectivity index (χ1v) is 6.65. The van der Waals surface area contributed by atoms with Crippen molar-refractivity contribution >= 4 is 34.4 Å². The van der Waals surface area contributed by atoms with E-state index in [-0.39, 0.29) is 18.9 Å². The molecule has 1 unspecified atom stereocenters. The fraction of sp³-hybridized carbons (Fsp3) is 0.286. The zero-order chi connectivity index (χ0) is 15.4. The number of aliphatic carboxylic acids is 1. The topological polar surface area (TPSA) is 91.4 Å². The Labute approximate surface area is 126 Å². The molecule has 1 amide bonds. The van der Waals surface area contributed by atoms with E-state index < -0.39 is 12.0 Å². The summed E-state index contributed by atoms with van der Waals surface area (Å²) >= 11 is 5.94. The van der Waals surface area contributed by atoms with Gasteiger partial charge in [0.25, 0.3) is 0 Å². The molecule has 0 bridgehead atoms. The van der Waals surface area contributed by atoms with E-state index in [1.165, 1.54) is 7.11 Å². The molecule has 0 fully saturated rings. The normalized spacial score (nSPS) is 12.3. The van der Waals surface area contributed by atoms with Crippen LogP contribution in [0.1, 0.15) is 5.56 Å². The maximum absolute atomic E-state index is 12.0. The van der Waals surface area contributed by atoms with E-state index in [4.69, 9.17) is 21.4 Å². The van der Waals surface area contributed by atoms with Gasteiger partial charge in [0, 0.05) is 29.2 Å². The maximum Gasteiger partial charge on any atom is 0.328 e. The van der Waals surface area contributed by atoms with Crippen molar-refractivity contribution < 1.29 is 19.4 Å². The molecule has 0 radical (unpaired) electrons. The summed E-state index contributed by atoms with van der Waals surface area (Å²) < 4.78 is 4.77. The van der Waals surface area contributed by atoms with Gasteiger partial charge in [-0.05, 0) is 23.8 Å². The lowest BCUT2D eigenvalue weighted by Crippen LogP contribution is -2.44. The first kappa shape index (κ1) is 15.3. The van der Waals surface area contributed by atoms with Gasteiger partial charge in [0.1, 0.15) is 0 Å². The van der Waals surface area contributed by atoms with Crippen molar-refractivity contribution in [3.8, 4) is 0 Å². The van der Waals surface area contributed by atoms with E-state index in [1.54, 1.807) is 18.3 Å². The summed E-state index contributed by atoms with van der Waals surface area (Å²) in [4.78, 5) is 26.0. The average Bonchev–Trinajstić information content (AvgIpc) is 2.80. The summed E-state index contributed by atoms with van der Waals surface area (Å²) in [5, 5.41) is 12.8. The molecule has 1 aromatic heterocycles. The molecule has 0 aliphatic heterocycles. The molecule has 7 heteroatoms. The van der Waals surface area contributed by atoms with Gasteiger partial charge in [0.15, 0.2) is 6.04 Å². The van der Waals surface area contributed by atoms with Gasteiger partial charge in [-0.3, -0.25) is 4.79 Å². The van der Waals surface area contributed by atoms with Gasteiger partial charge < -0.3 is 20.1 Å². The molecule has 2 aromatic rings. The highest BCUT2D eigenvalue weighted by molar-refractivity contribution is 6.31. The number of aromatic nitrogens is 1. The van der Waals surface area contributed by atoms with Crippen LogP contribution in [0.5, 0.6) is 0 Å². The van der Waals surface area contributed by atoms with Crippen LogP contribution in [0.2, 0.25) is 5.02 Å². The Morgan fingerprint density at radius 3 is 2.90 bits per heavy atom.